The van der Waals surface area contributed by atoms with Crippen LogP contribution in [-0.2, 0) is 37.8 Å². The average molecular weight is 469 g/mol. The fourth-order valence-corrected chi connectivity index (χ4v) is 5.25. The summed E-state index contributed by atoms with van der Waals surface area (Å²) in [5.41, 5.74) is 0.299. The summed E-state index contributed by atoms with van der Waals surface area (Å²) in [4.78, 5) is 32.6. The van der Waals surface area contributed by atoms with Crippen LogP contribution in [0.3, 0.4) is 0 Å². The quantitative estimate of drug-likeness (QED) is 0.720. The maximum Gasteiger partial charge on any atom is 0.251 e. The fourth-order valence-electron chi connectivity index (χ4n) is 5.25. The van der Waals surface area contributed by atoms with E-state index in [-0.39, 0.29) is 17.7 Å². The molecule has 1 aromatic heterocycles. The molecule has 0 radical (unpaired) electrons. The number of fused-ring (bicyclic) bond motifs is 2. The van der Waals surface area contributed by atoms with Crippen molar-refractivity contribution in [2.75, 3.05) is 33.4 Å². The molecule has 9 nitrogen and oxygen atoms in total. The molecule has 0 bridgehead atoms. The first kappa shape index (κ1) is 22.9. The Morgan fingerprint density at radius 3 is 2.79 bits per heavy atom. The lowest BCUT2D eigenvalue weighted by Crippen LogP contribution is -2.55. The molecule has 2 fully saturated rings. The van der Waals surface area contributed by atoms with E-state index >= 15 is 0 Å². The van der Waals surface area contributed by atoms with E-state index in [1.807, 2.05) is 39.9 Å². The second-order valence-electron chi connectivity index (χ2n) is 9.29. The number of aromatic nitrogens is 2. The van der Waals surface area contributed by atoms with Gasteiger partial charge < -0.3 is 29.0 Å². The van der Waals surface area contributed by atoms with Crippen LogP contribution in [0, 0.1) is 5.92 Å². The molecule has 0 unspecified atom stereocenters. The number of ether oxygens (including phenoxy) is 3. The Hall–Kier alpha value is -2.91. The number of carbonyl (C=O) groups excluding carboxylic acids is 2. The highest BCUT2D eigenvalue weighted by Gasteiger charge is 2.48. The minimum atomic E-state index is -0.661. The van der Waals surface area contributed by atoms with Gasteiger partial charge in [0.2, 0.25) is 5.91 Å². The van der Waals surface area contributed by atoms with Crippen LogP contribution in [0.1, 0.15) is 37.1 Å². The van der Waals surface area contributed by atoms with Crippen molar-refractivity contribution in [3.8, 4) is 5.75 Å². The van der Waals surface area contributed by atoms with Gasteiger partial charge in [0.05, 0.1) is 13.7 Å². The van der Waals surface area contributed by atoms with Gasteiger partial charge in [-0.05, 0) is 30.5 Å². The first-order valence-corrected chi connectivity index (χ1v) is 12.0. The summed E-state index contributed by atoms with van der Waals surface area (Å²) in [6, 6.07) is 7.63. The maximum absolute atomic E-state index is 13.1. The van der Waals surface area contributed by atoms with E-state index in [1.54, 1.807) is 13.3 Å². The fraction of sp³-hybridized carbons (Fsp3) is 0.560. The largest absolute Gasteiger partial charge is 0.497 e. The molecule has 1 N–H and O–H groups in total. The Morgan fingerprint density at radius 2 is 2.03 bits per heavy atom. The zero-order valence-electron chi connectivity index (χ0n) is 19.6. The smallest absolute Gasteiger partial charge is 0.251 e. The van der Waals surface area contributed by atoms with Crippen LogP contribution in [0.25, 0.3) is 0 Å². The second kappa shape index (κ2) is 9.76. The number of imidazole rings is 1. The number of hydrogen-bond acceptors (Lipinski definition) is 6. The number of hydrogen-bond donors (Lipinski definition) is 1. The average Bonchev–Trinajstić information content (AvgIpc) is 3.38. The number of piperidine rings is 1. The van der Waals surface area contributed by atoms with Crippen LogP contribution in [0.15, 0.2) is 36.7 Å². The van der Waals surface area contributed by atoms with Crippen molar-refractivity contribution in [2.24, 2.45) is 5.92 Å². The maximum atomic E-state index is 13.1. The van der Waals surface area contributed by atoms with Crippen molar-refractivity contribution in [3.63, 3.8) is 0 Å². The molecular weight excluding hydrogens is 436 g/mol. The van der Waals surface area contributed by atoms with Crippen LogP contribution in [0.4, 0.5) is 0 Å². The third kappa shape index (κ3) is 4.54. The summed E-state index contributed by atoms with van der Waals surface area (Å²) in [7, 11) is 1.62. The van der Waals surface area contributed by atoms with Crippen molar-refractivity contribution in [1.82, 2.24) is 19.8 Å². The van der Waals surface area contributed by atoms with Gasteiger partial charge in [-0.1, -0.05) is 12.1 Å². The van der Waals surface area contributed by atoms with Gasteiger partial charge in [-0.25, -0.2) is 4.98 Å². The van der Waals surface area contributed by atoms with Gasteiger partial charge in [-0.3, -0.25) is 9.59 Å². The standard InChI is InChI=1S/C25H32N4O5/c1-32-20-4-2-3-18(15-20)16-27-22(30)21-17-29-12-9-26-24(29)25(34-21)7-10-28(11-8-25)23(31)19-5-13-33-14-6-19/h2-4,9,12,15,19,21H,5-8,10-11,13-14,16-17H2,1H3,(H,27,30)/t21-/m0/s1. The van der Waals surface area contributed by atoms with E-state index in [0.29, 0.717) is 52.2 Å². The molecule has 0 saturated carbocycles. The number of benzene rings is 1. The molecule has 2 saturated heterocycles. The van der Waals surface area contributed by atoms with E-state index in [1.165, 1.54) is 0 Å². The van der Waals surface area contributed by atoms with Crippen molar-refractivity contribution in [1.29, 1.82) is 0 Å². The number of likely N-dealkylation sites (tertiary alicyclic amines) is 1. The molecule has 4 heterocycles. The van der Waals surface area contributed by atoms with Gasteiger partial charge in [0.25, 0.3) is 5.91 Å². The Labute approximate surface area is 199 Å². The van der Waals surface area contributed by atoms with Gasteiger partial charge in [0.1, 0.15) is 17.2 Å². The Kier molecular flexibility index (Phi) is 6.56. The Bertz CT molecular complexity index is 1020. The number of carbonyl (C=O) groups is 2. The molecule has 3 aliphatic rings. The van der Waals surface area contributed by atoms with E-state index < -0.39 is 11.7 Å². The highest BCUT2D eigenvalue weighted by Crippen LogP contribution is 2.40. The lowest BCUT2D eigenvalue weighted by molar-refractivity contribution is -0.177. The molecule has 182 valence electrons. The Balaban J connectivity index is 1.24. The van der Waals surface area contributed by atoms with Crippen molar-refractivity contribution in [2.45, 2.75) is 50.5 Å². The van der Waals surface area contributed by atoms with Crippen LogP contribution in [0.2, 0.25) is 0 Å². The van der Waals surface area contributed by atoms with Crippen molar-refractivity contribution in [3.05, 3.63) is 48.0 Å². The molecule has 34 heavy (non-hydrogen) atoms. The summed E-state index contributed by atoms with van der Waals surface area (Å²) < 4.78 is 19.2. The second-order valence-corrected chi connectivity index (χ2v) is 9.29. The van der Waals surface area contributed by atoms with Crippen molar-refractivity contribution >= 4 is 11.8 Å². The van der Waals surface area contributed by atoms with E-state index in [4.69, 9.17) is 14.2 Å². The summed E-state index contributed by atoms with van der Waals surface area (Å²) >= 11 is 0. The Morgan fingerprint density at radius 1 is 1.24 bits per heavy atom. The first-order chi connectivity index (χ1) is 16.6. The van der Waals surface area contributed by atoms with E-state index in [2.05, 4.69) is 10.3 Å². The highest BCUT2D eigenvalue weighted by atomic mass is 16.5. The lowest BCUT2D eigenvalue weighted by Gasteiger charge is -2.46. The molecule has 9 heteroatoms. The third-order valence-corrected chi connectivity index (χ3v) is 7.20. The van der Waals surface area contributed by atoms with Crippen LogP contribution in [0.5, 0.6) is 5.75 Å². The number of amides is 2. The molecule has 2 aromatic rings. The minimum Gasteiger partial charge on any atom is -0.497 e. The summed E-state index contributed by atoms with van der Waals surface area (Å²) in [6.07, 6.45) is 5.87. The van der Waals surface area contributed by atoms with Gasteiger partial charge in [-0.15, -0.1) is 0 Å². The summed E-state index contributed by atoms with van der Waals surface area (Å²) in [5, 5.41) is 3.01. The van der Waals surface area contributed by atoms with Gasteiger partial charge in [0.15, 0.2) is 6.10 Å². The van der Waals surface area contributed by atoms with E-state index in [9.17, 15) is 9.59 Å². The molecule has 5 rings (SSSR count). The molecule has 3 aliphatic heterocycles. The van der Waals surface area contributed by atoms with Crippen molar-refractivity contribution < 1.29 is 23.8 Å². The van der Waals surface area contributed by atoms with Crippen LogP contribution in [-0.4, -0.2) is 65.8 Å². The monoisotopic (exact) mass is 468 g/mol. The SMILES string of the molecule is COc1cccc(CNC(=O)[C@@H]2Cn3ccnc3C3(CCN(C(=O)C4CCOCC4)CC3)O2)c1. The zero-order chi connectivity index (χ0) is 23.5. The number of rotatable bonds is 5. The molecule has 1 aromatic carbocycles. The highest BCUT2D eigenvalue weighted by molar-refractivity contribution is 5.81. The molecule has 1 spiro atoms. The number of nitrogens with one attached hydrogen (secondary N) is 1. The topological polar surface area (TPSA) is 94.9 Å². The zero-order valence-corrected chi connectivity index (χ0v) is 19.6. The minimum absolute atomic E-state index is 0.0483. The molecular formula is C25H32N4O5. The molecule has 1 atom stereocenters. The number of methoxy groups -OCH3 is 1. The lowest BCUT2D eigenvalue weighted by atomic mass is 9.87. The van der Waals surface area contributed by atoms with Crippen LogP contribution >= 0.6 is 0 Å². The number of nitrogens with zero attached hydrogens (tertiary/aromatic N) is 3. The third-order valence-electron chi connectivity index (χ3n) is 7.20. The van der Waals surface area contributed by atoms with Gasteiger partial charge in [-0.2, -0.15) is 0 Å². The van der Waals surface area contributed by atoms with Gasteiger partial charge in [0, 0.05) is 64.0 Å². The summed E-state index contributed by atoms with van der Waals surface area (Å²) in [5.74, 6) is 1.71. The van der Waals surface area contributed by atoms with Crippen LogP contribution < -0.4 is 10.1 Å². The normalized spacial score (nSPS) is 22.3. The molecule has 2 amide bonds. The first-order valence-electron chi connectivity index (χ1n) is 12.0. The van der Waals surface area contributed by atoms with E-state index in [0.717, 1.165) is 30.0 Å². The summed E-state index contributed by atoms with van der Waals surface area (Å²) in [6.45, 7) is 3.32. The van der Waals surface area contributed by atoms with Gasteiger partial charge >= 0.3 is 0 Å². The predicted octanol–water partition coefficient (Wildman–Crippen LogP) is 1.85. The molecule has 0 aliphatic carbocycles. The predicted molar refractivity (Wildman–Crippen MR) is 123 cm³/mol.